The molecule has 7 heteroatoms. The summed E-state index contributed by atoms with van der Waals surface area (Å²) in [7, 11) is 0. The lowest BCUT2D eigenvalue weighted by molar-refractivity contribution is 0.668. The highest BCUT2D eigenvalue weighted by Gasteiger charge is 2.23. The zero-order chi connectivity index (χ0) is 43.7. The van der Waals surface area contributed by atoms with Gasteiger partial charge in [-0.05, 0) is 109 Å². The van der Waals surface area contributed by atoms with Crippen molar-refractivity contribution in [2.45, 2.75) is 0 Å². The van der Waals surface area contributed by atoms with Crippen molar-refractivity contribution in [1.29, 1.82) is 0 Å². The molecule has 0 bridgehead atoms. The molecule has 0 fully saturated rings. The molecule has 0 amide bonds. The van der Waals surface area contributed by atoms with Gasteiger partial charge in [-0.1, -0.05) is 97.1 Å². The van der Waals surface area contributed by atoms with Crippen LogP contribution in [-0.2, 0) is 0 Å². The Kier molecular flexibility index (Phi) is 7.95. The maximum Gasteiger partial charge on any atom is 0.137 e. The Labute approximate surface area is 395 Å². The van der Waals surface area contributed by atoms with Crippen LogP contribution >= 0.6 is 34.0 Å². The summed E-state index contributed by atoms with van der Waals surface area (Å²) in [5.41, 5.74) is 10.2. The number of nitrogens with zero attached hydrogens (tertiary/aromatic N) is 2. The molecule has 15 rings (SSSR count). The van der Waals surface area contributed by atoms with Gasteiger partial charge in [0.15, 0.2) is 0 Å². The van der Waals surface area contributed by atoms with E-state index in [1.165, 1.54) is 60.5 Å². The van der Waals surface area contributed by atoms with Crippen LogP contribution in [0.1, 0.15) is 0 Å². The molecule has 0 N–H and O–H groups in total. The van der Waals surface area contributed by atoms with Crippen molar-refractivity contribution in [3.8, 4) is 0 Å². The molecule has 15 aromatic rings. The smallest absolute Gasteiger partial charge is 0.137 e. The topological polar surface area (TPSA) is 32.8 Å². The van der Waals surface area contributed by atoms with Gasteiger partial charge >= 0.3 is 0 Å². The van der Waals surface area contributed by atoms with Crippen LogP contribution in [0.2, 0.25) is 0 Å². The van der Waals surface area contributed by atoms with Crippen LogP contribution < -0.4 is 9.80 Å². The second-order valence-electron chi connectivity index (χ2n) is 17.2. The highest BCUT2D eigenvalue weighted by molar-refractivity contribution is 7.28. The molecule has 0 saturated heterocycles. The van der Waals surface area contributed by atoms with Crippen LogP contribution in [0.25, 0.3) is 104 Å². The van der Waals surface area contributed by atoms with E-state index in [2.05, 4.69) is 204 Å². The summed E-state index contributed by atoms with van der Waals surface area (Å²) in [5, 5.41) is 12.3. The van der Waals surface area contributed by atoms with E-state index in [-0.39, 0.29) is 0 Å². The zero-order valence-electron chi connectivity index (χ0n) is 35.6. The summed E-state index contributed by atoms with van der Waals surface area (Å²) in [6, 6.07) is 74.5. The summed E-state index contributed by atoms with van der Waals surface area (Å²) >= 11 is 5.66. The minimum absolute atomic E-state index is 0.885. The van der Waals surface area contributed by atoms with Gasteiger partial charge in [0.05, 0.1) is 22.1 Å². The number of para-hydroxylation sites is 4. The number of hydrogen-bond acceptors (Lipinski definition) is 7. The van der Waals surface area contributed by atoms with Gasteiger partial charge < -0.3 is 18.6 Å². The number of furan rings is 2. The quantitative estimate of drug-likeness (QED) is 0.166. The Morgan fingerprint density at radius 1 is 0.254 bits per heavy atom. The summed E-state index contributed by atoms with van der Waals surface area (Å²) in [6.45, 7) is 0. The SMILES string of the molecule is c1ccc(N(c2ccc3c(c2)sc2cc4c(cc23)sc2cc3c(cc24)sc2cc(N(c4ccccc4)c4cccc5oc6ccccc6c45)ccc23)c2cccc3oc4ccccc4c23)cc1. The molecule has 5 heterocycles. The maximum atomic E-state index is 6.36. The van der Waals surface area contributed by atoms with Gasteiger partial charge in [-0.25, -0.2) is 0 Å². The van der Waals surface area contributed by atoms with E-state index in [4.69, 9.17) is 8.83 Å². The third-order valence-corrected chi connectivity index (χ3v) is 16.8. The van der Waals surface area contributed by atoms with Crippen molar-refractivity contribution >= 4 is 173 Å². The molecule has 5 aromatic heterocycles. The summed E-state index contributed by atoms with van der Waals surface area (Å²) in [4.78, 5) is 4.75. The van der Waals surface area contributed by atoms with Gasteiger partial charge in [0.2, 0.25) is 0 Å². The fraction of sp³-hybridized carbons (Fsp3) is 0. The van der Waals surface area contributed by atoms with Gasteiger partial charge in [-0.15, -0.1) is 34.0 Å². The minimum Gasteiger partial charge on any atom is -0.456 e. The Balaban J connectivity index is 0.852. The van der Waals surface area contributed by atoms with Crippen LogP contribution in [0.5, 0.6) is 0 Å². The molecule has 67 heavy (non-hydrogen) atoms. The average Bonchev–Trinajstić information content (AvgIpc) is 4.19. The second kappa shape index (κ2) is 14.3. The molecule has 0 radical (unpaired) electrons. The zero-order valence-corrected chi connectivity index (χ0v) is 38.0. The summed E-state index contributed by atoms with van der Waals surface area (Å²) < 4.78 is 20.5. The fourth-order valence-corrected chi connectivity index (χ4v) is 13.9. The van der Waals surface area contributed by atoms with Gasteiger partial charge in [-0.3, -0.25) is 0 Å². The lowest BCUT2D eigenvalue weighted by Crippen LogP contribution is -2.10. The Morgan fingerprint density at radius 2 is 0.612 bits per heavy atom. The summed E-state index contributed by atoms with van der Waals surface area (Å²) in [5.74, 6) is 0. The molecule has 314 valence electrons. The standard InChI is InChI=1S/C60H34N2O2S3/c1-3-13-35(14-4-1)61(47-19-11-23-51-59(47)41-17-7-9-21-49(41)63-51)37-25-27-39-43-31-57-45(33-55(43)65-53(39)29-37)46-34-56-44(32-58(46)67-57)40-28-26-38(30-54(40)66-56)62(36-15-5-2-6-16-36)48-20-12-24-52-60(48)42-18-8-10-22-50(42)64-52/h1-34H. The first kappa shape index (κ1) is 37.3. The average molecular weight is 911 g/mol. The van der Waals surface area contributed by atoms with Gasteiger partial charge in [0.25, 0.3) is 0 Å². The maximum absolute atomic E-state index is 6.36. The van der Waals surface area contributed by atoms with Crippen LogP contribution in [-0.4, -0.2) is 0 Å². The van der Waals surface area contributed by atoms with Crippen LogP contribution in [0.3, 0.4) is 0 Å². The highest BCUT2D eigenvalue weighted by Crippen LogP contribution is 2.49. The number of fused-ring (bicyclic) bond motifs is 15. The molecule has 0 aliphatic carbocycles. The lowest BCUT2D eigenvalue weighted by Gasteiger charge is -2.26. The van der Waals surface area contributed by atoms with Gasteiger partial charge in [0.1, 0.15) is 22.3 Å². The Bertz CT molecular complexity index is 4190. The van der Waals surface area contributed by atoms with Crippen LogP contribution in [0, 0.1) is 0 Å². The molecule has 0 aliphatic rings. The third kappa shape index (κ3) is 5.63. The van der Waals surface area contributed by atoms with Crippen molar-refractivity contribution in [2.24, 2.45) is 0 Å². The molecule has 0 unspecified atom stereocenters. The van der Waals surface area contributed by atoms with E-state index in [0.717, 1.165) is 78.0 Å². The normalized spacial score (nSPS) is 12.2. The van der Waals surface area contributed by atoms with Gasteiger partial charge in [-0.2, -0.15) is 0 Å². The van der Waals surface area contributed by atoms with E-state index in [9.17, 15) is 0 Å². The minimum atomic E-state index is 0.885. The summed E-state index contributed by atoms with van der Waals surface area (Å²) in [6.07, 6.45) is 0. The molecule has 0 aliphatic heterocycles. The van der Waals surface area contributed by atoms with Crippen LogP contribution in [0.4, 0.5) is 34.1 Å². The van der Waals surface area contributed by atoms with E-state index >= 15 is 0 Å². The fourth-order valence-electron chi connectivity index (χ4n) is 10.5. The monoisotopic (exact) mass is 910 g/mol. The number of anilines is 6. The molecular formula is C60H34N2O2S3. The number of thiophene rings is 3. The lowest BCUT2D eigenvalue weighted by atomic mass is 10.1. The van der Waals surface area contributed by atoms with Crippen LogP contribution in [0.15, 0.2) is 215 Å². The number of rotatable bonds is 6. The second-order valence-corrected chi connectivity index (χ2v) is 20.4. The molecular weight excluding hydrogens is 877 g/mol. The van der Waals surface area contributed by atoms with Crippen molar-refractivity contribution in [1.82, 2.24) is 0 Å². The van der Waals surface area contributed by atoms with E-state index in [1.807, 2.05) is 46.1 Å². The van der Waals surface area contributed by atoms with E-state index < -0.39 is 0 Å². The van der Waals surface area contributed by atoms with Crippen molar-refractivity contribution < 1.29 is 8.83 Å². The predicted octanol–water partition coefficient (Wildman–Crippen LogP) is 19.5. The van der Waals surface area contributed by atoms with Crippen molar-refractivity contribution in [2.75, 3.05) is 9.80 Å². The predicted molar refractivity (Wildman–Crippen MR) is 289 cm³/mol. The molecule has 10 aromatic carbocycles. The molecule has 0 spiro atoms. The largest absolute Gasteiger partial charge is 0.456 e. The molecule has 4 nitrogen and oxygen atoms in total. The van der Waals surface area contributed by atoms with Gasteiger partial charge in [0, 0.05) is 94.0 Å². The molecule has 0 saturated carbocycles. The van der Waals surface area contributed by atoms with E-state index in [1.54, 1.807) is 0 Å². The highest BCUT2D eigenvalue weighted by atomic mass is 32.1. The molecule has 0 atom stereocenters. The first-order valence-corrected chi connectivity index (χ1v) is 24.8. The first-order valence-electron chi connectivity index (χ1n) is 22.4. The van der Waals surface area contributed by atoms with Crippen molar-refractivity contribution in [3.63, 3.8) is 0 Å². The Hall–Kier alpha value is -7.94. The number of benzene rings is 10. The third-order valence-electron chi connectivity index (χ3n) is 13.4. The van der Waals surface area contributed by atoms with Crippen molar-refractivity contribution in [3.05, 3.63) is 206 Å². The number of hydrogen-bond donors (Lipinski definition) is 0. The Morgan fingerprint density at radius 3 is 1.04 bits per heavy atom. The van der Waals surface area contributed by atoms with E-state index in [0.29, 0.717) is 0 Å². The first-order chi connectivity index (χ1) is 33.2.